The van der Waals surface area contributed by atoms with Gasteiger partial charge in [-0.2, -0.15) is 0 Å². The molecule has 30 heavy (non-hydrogen) atoms. The lowest BCUT2D eigenvalue weighted by molar-refractivity contribution is -0.0270. The molecule has 0 spiro atoms. The Morgan fingerprint density at radius 1 is 1.10 bits per heavy atom. The molecule has 1 N–H and O–H groups in total. The average molecular weight is 413 g/mol. The zero-order valence-electron chi connectivity index (χ0n) is 20.8. The topological polar surface area (TPSA) is 20.2 Å². The van der Waals surface area contributed by atoms with E-state index in [0.29, 0.717) is 10.8 Å². The smallest absolute Gasteiger partial charge is 0.0577 e. The molecule has 0 heterocycles. The highest BCUT2D eigenvalue weighted by Gasteiger charge is 2.57. The summed E-state index contributed by atoms with van der Waals surface area (Å²) in [5.74, 6) is 4.30. The Labute approximate surface area is 186 Å². The van der Waals surface area contributed by atoms with E-state index in [2.05, 4.69) is 47.6 Å². The summed E-state index contributed by atoms with van der Waals surface area (Å²) in [4.78, 5) is 0. The number of hydrogen-bond acceptors (Lipinski definition) is 1. The molecular formula is C29H48O. The molecule has 4 rings (SSSR count). The second-order valence-corrected chi connectivity index (χ2v) is 12.4. The van der Waals surface area contributed by atoms with Crippen LogP contribution in [0.25, 0.3) is 0 Å². The van der Waals surface area contributed by atoms with Gasteiger partial charge in [0.15, 0.2) is 0 Å². The van der Waals surface area contributed by atoms with Gasteiger partial charge in [0.1, 0.15) is 0 Å². The molecule has 0 aliphatic heterocycles. The van der Waals surface area contributed by atoms with Crippen LogP contribution in [0.15, 0.2) is 22.8 Å². The summed E-state index contributed by atoms with van der Waals surface area (Å²) in [5, 5.41) is 10.2. The number of fused-ring (bicyclic) bond motifs is 5. The highest BCUT2D eigenvalue weighted by Crippen LogP contribution is 2.66. The van der Waals surface area contributed by atoms with Crippen molar-refractivity contribution in [2.45, 2.75) is 118 Å². The van der Waals surface area contributed by atoms with Crippen molar-refractivity contribution in [2.24, 2.45) is 40.4 Å². The summed E-state index contributed by atoms with van der Waals surface area (Å²) in [6, 6.07) is 0. The second-order valence-electron chi connectivity index (χ2n) is 12.4. The Morgan fingerprint density at radius 2 is 1.80 bits per heavy atom. The minimum Gasteiger partial charge on any atom is -0.393 e. The van der Waals surface area contributed by atoms with Crippen molar-refractivity contribution in [1.82, 2.24) is 0 Å². The summed E-state index contributed by atoms with van der Waals surface area (Å²) in [5.41, 5.74) is 6.05. The van der Waals surface area contributed by atoms with Gasteiger partial charge >= 0.3 is 0 Å². The number of aliphatic hydroxyl groups excluding tert-OH is 1. The first-order valence-electron chi connectivity index (χ1n) is 13.3. The van der Waals surface area contributed by atoms with Crippen molar-refractivity contribution >= 4 is 0 Å². The Hall–Kier alpha value is -0.560. The van der Waals surface area contributed by atoms with Gasteiger partial charge in [0, 0.05) is 0 Å². The molecule has 1 nitrogen and oxygen atoms in total. The van der Waals surface area contributed by atoms with Gasteiger partial charge in [-0.25, -0.2) is 0 Å². The van der Waals surface area contributed by atoms with E-state index in [1.807, 2.05) is 5.57 Å². The molecule has 4 aliphatic carbocycles. The molecule has 0 amide bonds. The average Bonchev–Trinajstić information content (AvgIpc) is 3.06. The first-order valence-corrected chi connectivity index (χ1v) is 13.3. The Bertz CT molecular complexity index is 699. The number of hydrogen-bond donors (Lipinski definition) is 1. The predicted molar refractivity (Wildman–Crippen MR) is 128 cm³/mol. The van der Waals surface area contributed by atoms with E-state index < -0.39 is 0 Å². The van der Waals surface area contributed by atoms with Gasteiger partial charge in [-0.05, 0) is 112 Å². The summed E-state index contributed by atoms with van der Waals surface area (Å²) in [6.07, 6.45) is 16.6. The molecule has 0 unspecified atom stereocenters. The SMILES string of the molecule is CC[C@H](CC/C(C)=C1\CC[C@H]2[C@@H]3CC=C4C[C@@H](O)CC[C@]4(C)[C@H]3CC[C@]12C)C(C)C. The van der Waals surface area contributed by atoms with Crippen LogP contribution in [-0.4, -0.2) is 11.2 Å². The monoisotopic (exact) mass is 412 g/mol. The van der Waals surface area contributed by atoms with Crippen LogP contribution in [0, 0.1) is 40.4 Å². The molecule has 0 aromatic heterocycles. The van der Waals surface area contributed by atoms with E-state index in [0.717, 1.165) is 42.4 Å². The molecule has 170 valence electrons. The van der Waals surface area contributed by atoms with Crippen molar-refractivity contribution in [3.63, 3.8) is 0 Å². The fourth-order valence-corrected chi connectivity index (χ4v) is 8.72. The van der Waals surface area contributed by atoms with Crippen LogP contribution in [-0.2, 0) is 0 Å². The number of allylic oxidation sites excluding steroid dienone is 3. The maximum absolute atomic E-state index is 10.2. The zero-order chi connectivity index (χ0) is 21.7. The summed E-state index contributed by atoms with van der Waals surface area (Å²) < 4.78 is 0. The van der Waals surface area contributed by atoms with Crippen molar-refractivity contribution < 1.29 is 5.11 Å². The highest BCUT2D eigenvalue weighted by molar-refractivity contribution is 5.31. The summed E-state index contributed by atoms with van der Waals surface area (Å²) in [7, 11) is 0. The molecule has 3 saturated carbocycles. The van der Waals surface area contributed by atoms with Crippen molar-refractivity contribution in [3.05, 3.63) is 22.8 Å². The normalized spacial score (nSPS) is 43.5. The predicted octanol–water partition coefficient (Wildman–Crippen LogP) is 8.09. The van der Waals surface area contributed by atoms with Crippen LogP contribution < -0.4 is 0 Å². The second kappa shape index (κ2) is 8.42. The Kier molecular flexibility index (Phi) is 6.35. The number of rotatable bonds is 5. The highest BCUT2D eigenvalue weighted by atomic mass is 16.3. The lowest BCUT2D eigenvalue weighted by atomic mass is 9.47. The lowest BCUT2D eigenvalue weighted by Gasteiger charge is -2.57. The lowest BCUT2D eigenvalue weighted by Crippen LogP contribution is -2.49. The first-order chi connectivity index (χ1) is 14.2. The minimum absolute atomic E-state index is 0.0869. The van der Waals surface area contributed by atoms with Crippen LogP contribution in [0.5, 0.6) is 0 Å². The molecule has 0 saturated heterocycles. The van der Waals surface area contributed by atoms with Gasteiger partial charge in [0.05, 0.1) is 6.10 Å². The van der Waals surface area contributed by atoms with Crippen LogP contribution in [0.4, 0.5) is 0 Å². The first kappa shape index (κ1) is 22.6. The quantitative estimate of drug-likeness (QED) is 0.452. The largest absolute Gasteiger partial charge is 0.393 e. The third-order valence-electron chi connectivity index (χ3n) is 10.7. The van der Waals surface area contributed by atoms with E-state index in [1.165, 1.54) is 57.8 Å². The molecule has 0 aromatic rings. The van der Waals surface area contributed by atoms with Crippen LogP contribution in [0.2, 0.25) is 0 Å². The molecule has 0 radical (unpaired) electrons. The molecule has 0 aromatic carbocycles. The molecule has 4 aliphatic rings. The van der Waals surface area contributed by atoms with E-state index in [4.69, 9.17) is 0 Å². The van der Waals surface area contributed by atoms with Crippen molar-refractivity contribution in [3.8, 4) is 0 Å². The van der Waals surface area contributed by atoms with E-state index in [1.54, 1.807) is 11.1 Å². The summed E-state index contributed by atoms with van der Waals surface area (Å²) >= 11 is 0. The van der Waals surface area contributed by atoms with Crippen LogP contribution >= 0.6 is 0 Å². The minimum atomic E-state index is -0.0869. The van der Waals surface area contributed by atoms with Gasteiger partial charge in [0.2, 0.25) is 0 Å². The fraction of sp³-hybridized carbons (Fsp3) is 0.862. The van der Waals surface area contributed by atoms with Gasteiger partial charge in [-0.15, -0.1) is 0 Å². The van der Waals surface area contributed by atoms with Gasteiger partial charge < -0.3 is 5.11 Å². The van der Waals surface area contributed by atoms with Crippen molar-refractivity contribution in [2.75, 3.05) is 0 Å². The standard InChI is InChI=1S/C29H48O/c1-7-21(19(2)3)9-8-20(4)25-12-13-26-24-11-10-22-18-23(30)14-16-28(22,5)27(24)15-17-29(25,26)6/h10,19,21,23-24,26-27,30H,7-9,11-18H2,1-6H3/b25-20+/t21-,23+,24+,26+,27+,28+,29-/m1/s1. The third-order valence-corrected chi connectivity index (χ3v) is 10.7. The van der Waals surface area contributed by atoms with Gasteiger partial charge in [-0.1, -0.05) is 63.8 Å². The van der Waals surface area contributed by atoms with Crippen LogP contribution in [0.3, 0.4) is 0 Å². The Morgan fingerprint density at radius 3 is 2.50 bits per heavy atom. The maximum Gasteiger partial charge on any atom is 0.0577 e. The summed E-state index contributed by atoms with van der Waals surface area (Å²) in [6.45, 7) is 14.9. The molecule has 7 atom stereocenters. The van der Waals surface area contributed by atoms with E-state index in [-0.39, 0.29) is 6.10 Å². The molecule has 1 heteroatoms. The maximum atomic E-state index is 10.2. The fourth-order valence-electron chi connectivity index (χ4n) is 8.72. The molecule has 3 fully saturated rings. The Balaban J connectivity index is 1.54. The molecule has 0 bridgehead atoms. The van der Waals surface area contributed by atoms with Gasteiger partial charge in [-0.3, -0.25) is 0 Å². The van der Waals surface area contributed by atoms with E-state index >= 15 is 0 Å². The number of aliphatic hydroxyl groups is 1. The van der Waals surface area contributed by atoms with Gasteiger partial charge in [0.25, 0.3) is 0 Å². The third kappa shape index (κ3) is 3.66. The van der Waals surface area contributed by atoms with Crippen molar-refractivity contribution in [1.29, 1.82) is 0 Å². The zero-order valence-corrected chi connectivity index (χ0v) is 20.8. The molecular weight excluding hydrogens is 364 g/mol. The van der Waals surface area contributed by atoms with Crippen LogP contribution in [0.1, 0.15) is 112 Å². The van der Waals surface area contributed by atoms with E-state index in [9.17, 15) is 5.11 Å².